The normalized spacial score (nSPS) is 19.0. The number of ether oxygens (including phenoxy) is 2. The van der Waals surface area contributed by atoms with Gasteiger partial charge >= 0.3 is 5.97 Å². The number of carboxylic acids is 1. The first-order valence-electron chi connectivity index (χ1n) is 8.93. The average Bonchev–Trinajstić information content (AvgIpc) is 3.05. The average molecular weight is 366 g/mol. The third kappa shape index (κ3) is 3.41. The van der Waals surface area contributed by atoms with Crippen molar-refractivity contribution in [3.05, 3.63) is 65.4 Å². The molecule has 6 nitrogen and oxygen atoms in total. The van der Waals surface area contributed by atoms with Gasteiger partial charge in [-0.1, -0.05) is 30.3 Å². The smallest absolute Gasteiger partial charge is 0.321 e. The van der Waals surface area contributed by atoms with E-state index in [1.165, 1.54) is 0 Å². The molecule has 1 aromatic heterocycles. The van der Waals surface area contributed by atoms with Crippen molar-refractivity contribution < 1.29 is 19.4 Å². The molecule has 1 aliphatic heterocycles. The molecule has 0 spiro atoms. The molecule has 2 heterocycles. The second-order valence-corrected chi connectivity index (χ2v) is 6.76. The Morgan fingerprint density at radius 3 is 2.78 bits per heavy atom. The van der Waals surface area contributed by atoms with Crippen LogP contribution < -0.4 is 10.1 Å². The highest BCUT2D eigenvalue weighted by atomic mass is 16.5. The number of H-pyrrole nitrogens is 1. The first kappa shape index (κ1) is 17.6. The van der Waals surface area contributed by atoms with Crippen molar-refractivity contribution in [2.24, 2.45) is 0 Å². The number of carboxylic acid groups (broad SMARTS) is 1. The quantitative estimate of drug-likeness (QED) is 0.625. The van der Waals surface area contributed by atoms with Gasteiger partial charge < -0.3 is 19.6 Å². The molecule has 0 bridgehead atoms. The van der Waals surface area contributed by atoms with Gasteiger partial charge in [-0.25, -0.2) is 0 Å². The van der Waals surface area contributed by atoms with Gasteiger partial charge in [0.05, 0.1) is 6.61 Å². The zero-order chi connectivity index (χ0) is 18.8. The van der Waals surface area contributed by atoms with E-state index in [9.17, 15) is 9.90 Å². The zero-order valence-electron chi connectivity index (χ0n) is 15.1. The maximum atomic E-state index is 11.7. The predicted molar refractivity (Wildman–Crippen MR) is 102 cm³/mol. The highest BCUT2D eigenvalue weighted by Crippen LogP contribution is 2.36. The fourth-order valence-corrected chi connectivity index (χ4v) is 3.78. The molecule has 0 saturated carbocycles. The summed E-state index contributed by atoms with van der Waals surface area (Å²) in [6.45, 7) is 1.31. The van der Waals surface area contributed by atoms with Crippen molar-refractivity contribution in [1.29, 1.82) is 0 Å². The van der Waals surface area contributed by atoms with Crippen LogP contribution in [0.4, 0.5) is 0 Å². The molecule has 3 aromatic rings. The third-order valence-electron chi connectivity index (χ3n) is 5.02. The Hall–Kier alpha value is -2.83. The first-order chi connectivity index (χ1) is 13.2. The summed E-state index contributed by atoms with van der Waals surface area (Å²) in [6, 6.07) is 15.2. The third-order valence-corrected chi connectivity index (χ3v) is 5.02. The van der Waals surface area contributed by atoms with Gasteiger partial charge in [-0.3, -0.25) is 10.1 Å². The van der Waals surface area contributed by atoms with Crippen LogP contribution in [0.5, 0.6) is 5.75 Å². The van der Waals surface area contributed by atoms with Crippen molar-refractivity contribution in [2.45, 2.75) is 25.1 Å². The monoisotopic (exact) mass is 366 g/mol. The number of nitrogens with one attached hydrogen (secondary N) is 2. The van der Waals surface area contributed by atoms with Crippen LogP contribution in [-0.2, 0) is 22.7 Å². The van der Waals surface area contributed by atoms with Crippen LogP contribution in [0.2, 0.25) is 0 Å². The minimum Gasteiger partial charge on any atom is -0.489 e. The lowest BCUT2D eigenvalue weighted by molar-refractivity contribution is -0.140. The molecule has 3 N–H and O–H groups in total. The number of hydrogen-bond donors (Lipinski definition) is 3. The molecular weight excluding hydrogens is 344 g/mol. The number of rotatable bonds is 6. The Bertz CT molecular complexity index is 951. The van der Waals surface area contributed by atoms with Crippen LogP contribution in [-0.4, -0.2) is 35.8 Å². The molecule has 4 rings (SSSR count). The number of carbonyl (C=O) groups is 1. The van der Waals surface area contributed by atoms with Gasteiger partial charge in [0.25, 0.3) is 0 Å². The van der Waals surface area contributed by atoms with E-state index in [1.54, 1.807) is 7.11 Å². The summed E-state index contributed by atoms with van der Waals surface area (Å²) < 4.78 is 11.3. The Labute approximate surface area is 157 Å². The van der Waals surface area contributed by atoms with E-state index < -0.39 is 12.0 Å². The number of methoxy groups -OCH3 is 1. The van der Waals surface area contributed by atoms with E-state index in [4.69, 9.17) is 9.47 Å². The standard InChI is InChI=1S/C21H22N2O4/c1-26-12-16-19-15-9-14(27-11-13-5-3-2-4-6-13)7-8-17(15)23-18(19)10-22-20(16)21(24)25/h2-9,16,20,22-23H,10-12H2,1H3,(H,24,25). The maximum Gasteiger partial charge on any atom is 0.321 e. The van der Waals surface area contributed by atoms with E-state index in [2.05, 4.69) is 10.3 Å². The Balaban J connectivity index is 1.68. The van der Waals surface area contributed by atoms with Crippen LogP contribution in [0.3, 0.4) is 0 Å². The second kappa shape index (κ2) is 7.42. The largest absolute Gasteiger partial charge is 0.489 e. The molecule has 6 heteroatoms. The lowest BCUT2D eigenvalue weighted by atomic mass is 9.86. The van der Waals surface area contributed by atoms with Gasteiger partial charge in [0.2, 0.25) is 0 Å². The zero-order valence-corrected chi connectivity index (χ0v) is 15.1. The van der Waals surface area contributed by atoms with Crippen LogP contribution in [0.25, 0.3) is 10.9 Å². The summed E-state index contributed by atoms with van der Waals surface area (Å²) in [7, 11) is 1.59. The first-order valence-corrected chi connectivity index (χ1v) is 8.93. The number of aromatic nitrogens is 1. The van der Waals surface area contributed by atoms with Gasteiger partial charge in [-0.2, -0.15) is 0 Å². The van der Waals surface area contributed by atoms with E-state index >= 15 is 0 Å². The predicted octanol–water partition coefficient (Wildman–Crippen LogP) is 3.03. The van der Waals surface area contributed by atoms with E-state index in [0.717, 1.165) is 33.5 Å². The van der Waals surface area contributed by atoms with Crippen LogP contribution in [0.1, 0.15) is 22.7 Å². The van der Waals surface area contributed by atoms with Crippen LogP contribution >= 0.6 is 0 Å². The lowest BCUT2D eigenvalue weighted by Crippen LogP contribution is -2.46. The molecule has 140 valence electrons. The Morgan fingerprint density at radius 1 is 1.22 bits per heavy atom. The fraction of sp³-hybridized carbons (Fsp3) is 0.286. The maximum absolute atomic E-state index is 11.7. The van der Waals surface area contributed by atoms with Gasteiger partial charge in [0.15, 0.2) is 0 Å². The summed E-state index contributed by atoms with van der Waals surface area (Å²) in [6.07, 6.45) is 0. The van der Waals surface area contributed by atoms with Crippen LogP contribution in [0, 0.1) is 0 Å². The fourth-order valence-electron chi connectivity index (χ4n) is 3.78. The Morgan fingerprint density at radius 2 is 2.04 bits per heavy atom. The van der Waals surface area contributed by atoms with Crippen molar-refractivity contribution in [3.63, 3.8) is 0 Å². The van der Waals surface area contributed by atoms with Crippen molar-refractivity contribution in [2.75, 3.05) is 13.7 Å². The summed E-state index contributed by atoms with van der Waals surface area (Å²) in [4.78, 5) is 15.1. The number of fused-ring (bicyclic) bond motifs is 3. The molecular formula is C21H22N2O4. The minimum atomic E-state index is -0.867. The van der Waals surface area contributed by atoms with E-state index in [1.807, 2.05) is 48.5 Å². The molecule has 0 fully saturated rings. The topological polar surface area (TPSA) is 83.6 Å². The van der Waals surface area contributed by atoms with Crippen molar-refractivity contribution >= 4 is 16.9 Å². The van der Waals surface area contributed by atoms with Crippen molar-refractivity contribution in [3.8, 4) is 5.75 Å². The van der Waals surface area contributed by atoms with E-state index in [0.29, 0.717) is 19.8 Å². The van der Waals surface area contributed by atoms with Gasteiger partial charge in [0.1, 0.15) is 18.4 Å². The molecule has 0 amide bonds. The van der Waals surface area contributed by atoms with Gasteiger partial charge in [-0.15, -0.1) is 0 Å². The SMILES string of the molecule is COCC1c2c([nH]c3ccc(OCc4ccccc4)cc23)CNC1C(=O)O. The molecule has 1 aliphatic rings. The molecule has 2 aromatic carbocycles. The number of aliphatic carboxylic acids is 1. The minimum absolute atomic E-state index is 0.269. The summed E-state index contributed by atoms with van der Waals surface area (Å²) >= 11 is 0. The molecule has 0 aliphatic carbocycles. The number of benzene rings is 2. The highest BCUT2D eigenvalue weighted by molar-refractivity contribution is 5.88. The van der Waals surface area contributed by atoms with Crippen molar-refractivity contribution in [1.82, 2.24) is 10.3 Å². The molecule has 0 radical (unpaired) electrons. The molecule has 0 saturated heterocycles. The molecule has 2 atom stereocenters. The molecule has 2 unspecified atom stereocenters. The molecule has 27 heavy (non-hydrogen) atoms. The summed E-state index contributed by atoms with van der Waals surface area (Å²) in [5, 5.41) is 13.7. The highest BCUT2D eigenvalue weighted by Gasteiger charge is 2.36. The second-order valence-electron chi connectivity index (χ2n) is 6.76. The van der Waals surface area contributed by atoms with Gasteiger partial charge in [-0.05, 0) is 29.3 Å². The number of aromatic amines is 1. The van der Waals surface area contributed by atoms with Crippen LogP contribution in [0.15, 0.2) is 48.5 Å². The summed E-state index contributed by atoms with van der Waals surface area (Å²) in [5.41, 5.74) is 4.08. The summed E-state index contributed by atoms with van der Waals surface area (Å²) in [5.74, 6) is -0.377. The Kier molecular flexibility index (Phi) is 4.83. The number of hydrogen-bond acceptors (Lipinski definition) is 4. The van der Waals surface area contributed by atoms with E-state index in [-0.39, 0.29) is 5.92 Å². The van der Waals surface area contributed by atoms with Gasteiger partial charge in [0, 0.05) is 36.2 Å². The lowest BCUT2D eigenvalue weighted by Gasteiger charge is -2.29.